The van der Waals surface area contributed by atoms with Crippen LogP contribution in [0.3, 0.4) is 0 Å². The van der Waals surface area contributed by atoms with E-state index in [2.05, 4.69) is 19.2 Å². The van der Waals surface area contributed by atoms with E-state index >= 15 is 0 Å². The van der Waals surface area contributed by atoms with Crippen LogP contribution in [0.15, 0.2) is 0 Å². The van der Waals surface area contributed by atoms with Gasteiger partial charge in [-0.15, -0.1) is 11.3 Å². The molecule has 3 nitrogen and oxygen atoms in total. The number of nitrogens with zero attached hydrogens (tertiary/aromatic N) is 1. The number of methoxy groups -OCH3 is 1. The van der Waals surface area contributed by atoms with Gasteiger partial charge in [0, 0.05) is 17.9 Å². The highest BCUT2D eigenvalue weighted by Gasteiger charge is 2.25. The first kappa shape index (κ1) is 14.0. The van der Waals surface area contributed by atoms with E-state index in [1.54, 1.807) is 7.11 Å². The SMILES string of the molecule is CCCNC(c1nc2c(s1)CCC2)C(C)COC. The standard InChI is InChI=1S/C14H24N2OS/c1-4-8-15-13(10(2)9-17-3)14-16-11-6-5-7-12(11)18-14/h10,13,15H,4-9H2,1-3H3. The maximum absolute atomic E-state index is 5.30. The zero-order valence-electron chi connectivity index (χ0n) is 11.7. The molecule has 1 N–H and O–H groups in total. The number of aromatic nitrogens is 1. The van der Waals surface area contributed by atoms with Crippen molar-refractivity contribution < 1.29 is 4.74 Å². The first-order valence-corrected chi connectivity index (χ1v) is 7.78. The number of hydrogen-bond donors (Lipinski definition) is 1. The van der Waals surface area contributed by atoms with Crippen molar-refractivity contribution in [3.8, 4) is 0 Å². The molecule has 18 heavy (non-hydrogen) atoms. The predicted octanol–water partition coefficient (Wildman–Crippen LogP) is 2.96. The summed E-state index contributed by atoms with van der Waals surface area (Å²) in [5.74, 6) is 0.466. The predicted molar refractivity (Wildman–Crippen MR) is 76.2 cm³/mol. The Hall–Kier alpha value is -0.450. The van der Waals surface area contributed by atoms with Gasteiger partial charge in [0.05, 0.1) is 18.3 Å². The lowest BCUT2D eigenvalue weighted by Crippen LogP contribution is -2.29. The molecule has 2 unspecified atom stereocenters. The van der Waals surface area contributed by atoms with Crippen molar-refractivity contribution in [1.82, 2.24) is 10.3 Å². The summed E-state index contributed by atoms with van der Waals surface area (Å²) >= 11 is 1.91. The zero-order valence-corrected chi connectivity index (χ0v) is 12.5. The smallest absolute Gasteiger partial charge is 0.110 e. The molecule has 4 heteroatoms. The van der Waals surface area contributed by atoms with Crippen LogP contribution in [0.5, 0.6) is 0 Å². The van der Waals surface area contributed by atoms with Crippen molar-refractivity contribution in [2.24, 2.45) is 5.92 Å². The summed E-state index contributed by atoms with van der Waals surface area (Å²) in [7, 11) is 1.77. The van der Waals surface area contributed by atoms with E-state index in [4.69, 9.17) is 9.72 Å². The Labute approximate surface area is 114 Å². The Morgan fingerprint density at radius 1 is 1.44 bits per heavy atom. The molecule has 0 amide bonds. The molecule has 0 bridgehead atoms. The van der Waals surface area contributed by atoms with Gasteiger partial charge in [-0.2, -0.15) is 0 Å². The molecule has 1 aliphatic carbocycles. The second kappa shape index (κ2) is 6.64. The minimum atomic E-state index is 0.348. The Balaban J connectivity index is 2.10. The Bertz CT molecular complexity index is 356. The van der Waals surface area contributed by atoms with E-state index < -0.39 is 0 Å². The van der Waals surface area contributed by atoms with Gasteiger partial charge in [-0.1, -0.05) is 13.8 Å². The minimum absolute atomic E-state index is 0.348. The van der Waals surface area contributed by atoms with Crippen LogP contribution >= 0.6 is 11.3 Å². The van der Waals surface area contributed by atoms with Gasteiger partial charge in [-0.05, 0) is 32.2 Å². The molecule has 0 spiro atoms. The molecule has 0 aromatic carbocycles. The number of thiazole rings is 1. The van der Waals surface area contributed by atoms with Crippen LogP contribution in [0.25, 0.3) is 0 Å². The van der Waals surface area contributed by atoms with E-state index in [0.29, 0.717) is 12.0 Å². The fourth-order valence-electron chi connectivity index (χ4n) is 2.53. The van der Waals surface area contributed by atoms with E-state index in [1.807, 2.05) is 11.3 Å². The third kappa shape index (κ3) is 3.11. The summed E-state index contributed by atoms with van der Waals surface area (Å²) in [6, 6.07) is 0.348. The van der Waals surface area contributed by atoms with E-state index in [1.165, 1.54) is 34.8 Å². The van der Waals surface area contributed by atoms with Crippen molar-refractivity contribution in [2.45, 2.75) is 45.6 Å². The third-order valence-electron chi connectivity index (χ3n) is 3.49. The average molecular weight is 268 g/mol. The average Bonchev–Trinajstić information content (AvgIpc) is 2.90. The fraction of sp³-hybridized carbons (Fsp3) is 0.786. The topological polar surface area (TPSA) is 34.2 Å². The molecule has 2 atom stereocenters. The lowest BCUT2D eigenvalue weighted by molar-refractivity contribution is 0.139. The Morgan fingerprint density at radius 2 is 2.28 bits per heavy atom. The van der Waals surface area contributed by atoms with Crippen LogP contribution in [0.2, 0.25) is 0 Å². The molecular weight excluding hydrogens is 244 g/mol. The first-order valence-electron chi connectivity index (χ1n) is 6.97. The number of ether oxygens (including phenoxy) is 1. The number of rotatable bonds is 7. The zero-order chi connectivity index (χ0) is 13.0. The number of hydrogen-bond acceptors (Lipinski definition) is 4. The van der Waals surface area contributed by atoms with Gasteiger partial charge >= 0.3 is 0 Å². The van der Waals surface area contributed by atoms with Crippen molar-refractivity contribution in [3.63, 3.8) is 0 Å². The molecule has 102 valence electrons. The first-order chi connectivity index (χ1) is 8.76. The van der Waals surface area contributed by atoms with Crippen LogP contribution < -0.4 is 5.32 Å². The summed E-state index contributed by atoms with van der Waals surface area (Å²) in [5, 5.41) is 4.89. The molecular formula is C14H24N2OS. The highest BCUT2D eigenvalue weighted by atomic mass is 32.1. The normalized spacial score (nSPS) is 17.7. The summed E-state index contributed by atoms with van der Waals surface area (Å²) in [6.45, 7) is 6.27. The second-order valence-electron chi connectivity index (χ2n) is 5.14. The van der Waals surface area contributed by atoms with Crippen LogP contribution in [0, 0.1) is 5.92 Å². The van der Waals surface area contributed by atoms with Gasteiger partial charge < -0.3 is 10.1 Å². The Kier molecular flexibility index (Phi) is 5.15. The maximum atomic E-state index is 5.30. The molecule has 0 radical (unpaired) electrons. The summed E-state index contributed by atoms with van der Waals surface area (Å²) in [5.41, 5.74) is 1.35. The molecule has 0 saturated heterocycles. The van der Waals surface area contributed by atoms with Crippen molar-refractivity contribution in [2.75, 3.05) is 20.3 Å². The fourth-order valence-corrected chi connectivity index (χ4v) is 3.90. The number of nitrogens with one attached hydrogen (secondary N) is 1. The van der Waals surface area contributed by atoms with Gasteiger partial charge in [0.15, 0.2) is 0 Å². The highest BCUT2D eigenvalue weighted by Crippen LogP contribution is 2.33. The second-order valence-corrected chi connectivity index (χ2v) is 6.26. The largest absolute Gasteiger partial charge is 0.384 e. The lowest BCUT2D eigenvalue weighted by Gasteiger charge is -2.22. The summed E-state index contributed by atoms with van der Waals surface area (Å²) < 4.78 is 5.30. The monoisotopic (exact) mass is 268 g/mol. The van der Waals surface area contributed by atoms with Crippen molar-refractivity contribution in [1.29, 1.82) is 0 Å². The maximum Gasteiger partial charge on any atom is 0.110 e. The number of aryl methyl sites for hydroxylation is 2. The van der Waals surface area contributed by atoms with Crippen LogP contribution in [-0.2, 0) is 17.6 Å². The van der Waals surface area contributed by atoms with Crippen molar-refractivity contribution in [3.05, 3.63) is 15.6 Å². The third-order valence-corrected chi connectivity index (χ3v) is 4.73. The molecule has 0 aliphatic heterocycles. The van der Waals surface area contributed by atoms with Gasteiger partial charge in [-0.25, -0.2) is 4.98 Å². The quantitative estimate of drug-likeness (QED) is 0.825. The summed E-state index contributed by atoms with van der Waals surface area (Å²) in [6.07, 6.45) is 4.84. The Morgan fingerprint density at radius 3 is 2.94 bits per heavy atom. The van der Waals surface area contributed by atoms with Gasteiger partial charge in [0.25, 0.3) is 0 Å². The molecule has 0 fully saturated rings. The molecule has 1 aromatic rings. The van der Waals surface area contributed by atoms with Gasteiger partial charge in [-0.3, -0.25) is 0 Å². The van der Waals surface area contributed by atoms with Crippen LogP contribution in [0.1, 0.15) is 48.3 Å². The molecule has 2 rings (SSSR count). The van der Waals surface area contributed by atoms with Crippen LogP contribution in [0.4, 0.5) is 0 Å². The lowest BCUT2D eigenvalue weighted by atomic mass is 10.0. The molecule has 1 aliphatic rings. The summed E-state index contributed by atoms with van der Waals surface area (Å²) in [4.78, 5) is 6.36. The van der Waals surface area contributed by atoms with Gasteiger partial charge in [0.2, 0.25) is 0 Å². The van der Waals surface area contributed by atoms with E-state index in [-0.39, 0.29) is 0 Å². The molecule has 1 aromatic heterocycles. The highest BCUT2D eigenvalue weighted by molar-refractivity contribution is 7.11. The van der Waals surface area contributed by atoms with Gasteiger partial charge in [0.1, 0.15) is 5.01 Å². The number of fused-ring (bicyclic) bond motifs is 1. The van der Waals surface area contributed by atoms with E-state index in [9.17, 15) is 0 Å². The molecule has 1 heterocycles. The van der Waals surface area contributed by atoms with E-state index in [0.717, 1.165) is 19.6 Å². The molecule has 0 saturated carbocycles. The van der Waals surface area contributed by atoms with Crippen molar-refractivity contribution >= 4 is 11.3 Å². The van der Waals surface area contributed by atoms with Crippen LogP contribution in [-0.4, -0.2) is 25.2 Å². The minimum Gasteiger partial charge on any atom is -0.384 e.